The zero-order valence-corrected chi connectivity index (χ0v) is 12.7. The number of nitro groups is 1. The summed E-state index contributed by atoms with van der Waals surface area (Å²) in [5.74, 6) is -1.13. The minimum absolute atomic E-state index is 0.166. The SMILES string of the molecule is CCn1ncc(NC(=O)c2[nH]ncc2[N+](=O)[O-])c1C(=O)N(C)C. The van der Waals surface area contributed by atoms with Crippen LogP contribution in [0.3, 0.4) is 0 Å². The lowest BCUT2D eigenvalue weighted by Crippen LogP contribution is -2.26. The number of carbonyl (C=O) groups is 2. The van der Waals surface area contributed by atoms with E-state index in [0.717, 1.165) is 6.20 Å². The van der Waals surface area contributed by atoms with Gasteiger partial charge in [0.2, 0.25) is 5.69 Å². The highest BCUT2D eigenvalue weighted by Gasteiger charge is 2.26. The van der Waals surface area contributed by atoms with Gasteiger partial charge < -0.3 is 10.2 Å². The lowest BCUT2D eigenvalue weighted by molar-refractivity contribution is -0.385. The number of hydrogen-bond acceptors (Lipinski definition) is 6. The highest BCUT2D eigenvalue weighted by Crippen LogP contribution is 2.20. The van der Waals surface area contributed by atoms with Crippen LogP contribution in [-0.4, -0.2) is 55.7 Å². The average molecular weight is 321 g/mol. The lowest BCUT2D eigenvalue weighted by atomic mass is 10.3. The number of nitrogens with one attached hydrogen (secondary N) is 2. The molecule has 23 heavy (non-hydrogen) atoms. The van der Waals surface area contributed by atoms with E-state index in [1.807, 2.05) is 0 Å². The predicted molar refractivity (Wildman–Crippen MR) is 79.1 cm³/mol. The number of anilines is 1. The Bertz CT molecular complexity index is 761. The quantitative estimate of drug-likeness (QED) is 0.607. The van der Waals surface area contributed by atoms with E-state index in [2.05, 4.69) is 20.6 Å². The number of aromatic amines is 1. The first-order valence-corrected chi connectivity index (χ1v) is 6.63. The molecule has 2 aromatic heterocycles. The maximum absolute atomic E-state index is 12.2. The van der Waals surface area contributed by atoms with Gasteiger partial charge in [-0.05, 0) is 6.92 Å². The van der Waals surface area contributed by atoms with Gasteiger partial charge in [-0.3, -0.25) is 29.5 Å². The van der Waals surface area contributed by atoms with Gasteiger partial charge in [0.15, 0.2) is 0 Å². The Labute approximate surface area is 130 Å². The third-order valence-electron chi connectivity index (χ3n) is 3.04. The molecule has 2 N–H and O–H groups in total. The Morgan fingerprint density at radius 1 is 1.43 bits per heavy atom. The van der Waals surface area contributed by atoms with Gasteiger partial charge in [0.05, 0.1) is 16.8 Å². The number of rotatable bonds is 5. The molecule has 0 aromatic carbocycles. The number of nitrogens with zero attached hydrogens (tertiary/aromatic N) is 5. The molecule has 0 aliphatic rings. The molecule has 11 heteroatoms. The highest BCUT2D eigenvalue weighted by atomic mass is 16.6. The first-order chi connectivity index (χ1) is 10.9. The van der Waals surface area contributed by atoms with E-state index < -0.39 is 16.5 Å². The molecule has 2 aromatic rings. The van der Waals surface area contributed by atoms with Gasteiger partial charge in [-0.15, -0.1) is 0 Å². The third-order valence-corrected chi connectivity index (χ3v) is 3.04. The van der Waals surface area contributed by atoms with Gasteiger partial charge in [-0.1, -0.05) is 0 Å². The molecular weight excluding hydrogens is 306 g/mol. The minimum Gasteiger partial charge on any atom is -0.343 e. The zero-order chi connectivity index (χ0) is 17.1. The summed E-state index contributed by atoms with van der Waals surface area (Å²) in [6.07, 6.45) is 2.26. The Morgan fingerprint density at radius 2 is 2.13 bits per heavy atom. The van der Waals surface area contributed by atoms with Crippen molar-refractivity contribution in [2.45, 2.75) is 13.5 Å². The molecule has 2 rings (SSSR count). The molecule has 2 amide bonds. The van der Waals surface area contributed by atoms with Crippen LogP contribution < -0.4 is 5.32 Å². The summed E-state index contributed by atoms with van der Waals surface area (Å²) in [6, 6.07) is 0. The van der Waals surface area contributed by atoms with E-state index >= 15 is 0 Å². The monoisotopic (exact) mass is 321 g/mol. The van der Waals surface area contributed by atoms with Crippen molar-refractivity contribution in [3.8, 4) is 0 Å². The molecule has 0 bridgehead atoms. The summed E-state index contributed by atoms with van der Waals surface area (Å²) in [5, 5.41) is 23.1. The van der Waals surface area contributed by atoms with E-state index in [-0.39, 0.29) is 23.0 Å². The highest BCUT2D eigenvalue weighted by molar-refractivity contribution is 6.09. The van der Waals surface area contributed by atoms with Crippen molar-refractivity contribution >= 4 is 23.2 Å². The molecule has 0 atom stereocenters. The first kappa shape index (κ1) is 16.1. The van der Waals surface area contributed by atoms with Crippen molar-refractivity contribution in [3.63, 3.8) is 0 Å². The topological polar surface area (TPSA) is 139 Å². The van der Waals surface area contributed by atoms with E-state index in [0.29, 0.717) is 6.54 Å². The van der Waals surface area contributed by atoms with Crippen molar-refractivity contribution in [2.75, 3.05) is 19.4 Å². The van der Waals surface area contributed by atoms with E-state index in [9.17, 15) is 19.7 Å². The molecule has 0 saturated carbocycles. The summed E-state index contributed by atoms with van der Waals surface area (Å²) in [5.41, 5.74) is -0.402. The van der Waals surface area contributed by atoms with Crippen LogP contribution in [0.2, 0.25) is 0 Å². The van der Waals surface area contributed by atoms with Crippen LogP contribution in [0.5, 0.6) is 0 Å². The Morgan fingerprint density at radius 3 is 2.70 bits per heavy atom. The van der Waals surface area contributed by atoms with Crippen molar-refractivity contribution in [2.24, 2.45) is 0 Å². The van der Waals surface area contributed by atoms with Crippen LogP contribution in [0.4, 0.5) is 11.4 Å². The predicted octanol–water partition coefficient (Wildman–Crippen LogP) is 0.488. The molecule has 0 spiro atoms. The van der Waals surface area contributed by atoms with E-state index in [1.54, 1.807) is 21.0 Å². The number of carbonyl (C=O) groups excluding carboxylic acids is 2. The third kappa shape index (κ3) is 3.02. The second kappa shape index (κ2) is 6.25. The van der Waals surface area contributed by atoms with Crippen LogP contribution in [-0.2, 0) is 6.54 Å². The fourth-order valence-corrected chi connectivity index (χ4v) is 1.92. The summed E-state index contributed by atoms with van der Waals surface area (Å²) in [7, 11) is 3.14. The van der Waals surface area contributed by atoms with Gasteiger partial charge in [-0.2, -0.15) is 10.2 Å². The number of aryl methyl sites for hydroxylation is 1. The van der Waals surface area contributed by atoms with Gasteiger partial charge >= 0.3 is 5.69 Å². The molecule has 2 heterocycles. The summed E-state index contributed by atoms with van der Waals surface area (Å²) >= 11 is 0. The van der Waals surface area contributed by atoms with Crippen molar-refractivity contribution in [3.05, 3.63) is 33.9 Å². The molecule has 0 aliphatic heterocycles. The first-order valence-electron chi connectivity index (χ1n) is 6.63. The fraction of sp³-hybridized carbons (Fsp3) is 0.333. The van der Waals surface area contributed by atoms with Crippen LogP contribution >= 0.6 is 0 Å². The molecular formula is C12H15N7O4. The molecule has 0 unspecified atom stereocenters. The standard InChI is InChI=1S/C12H15N7O4/c1-4-18-10(12(21)17(2)3)7(5-14-18)15-11(20)9-8(19(22)23)6-13-16-9/h5-6H,4H2,1-3H3,(H,13,16)(H,15,20). The van der Waals surface area contributed by atoms with Crippen LogP contribution in [0.15, 0.2) is 12.4 Å². The normalized spacial score (nSPS) is 10.4. The number of hydrogen-bond donors (Lipinski definition) is 2. The molecule has 0 radical (unpaired) electrons. The summed E-state index contributed by atoms with van der Waals surface area (Å²) in [6.45, 7) is 2.22. The van der Waals surface area contributed by atoms with Gasteiger partial charge in [-0.25, -0.2) is 0 Å². The average Bonchev–Trinajstić information content (AvgIpc) is 3.12. The van der Waals surface area contributed by atoms with Crippen molar-refractivity contribution < 1.29 is 14.5 Å². The minimum atomic E-state index is -0.780. The number of H-pyrrole nitrogens is 1. The Balaban J connectivity index is 2.35. The second-order valence-electron chi connectivity index (χ2n) is 4.76. The molecule has 0 saturated heterocycles. The van der Waals surface area contributed by atoms with Crippen LogP contribution in [0, 0.1) is 10.1 Å². The number of amides is 2. The largest absolute Gasteiger partial charge is 0.343 e. The van der Waals surface area contributed by atoms with E-state index in [4.69, 9.17) is 0 Å². The zero-order valence-electron chi connectivity index (χ0n) is 12.7. The van der Waals surface area contributed by atoms with Crippen LogP contribution in [0.25, 0.3) is 0 Å². The maximum Gasteiger partial charge on any atom is 0.319 e. The van der Waals surface area contributed by atoms with Crippen LogP contribution in [0.1, 0.15) is 27.9 Å². The second-order valence-corrected chi connectivity index (χ2v) is 4.76. The molecule has 122 valence electrons. The van der Waals surface area contributed by atoms with Gasteiger partial charge in [0.25, 0.3) is 11.8 Å². The van der Waals surface area contributed by atoms with Crippen molar-refractivity contribution in [1.29, 1.82) is 0 Å². The fourth-order valence-electron chi connectivity index (χ4n) is 1.92. The molecule has 0 aliphatic carbocycles. The lowest BCUT2D eigenvalue weighted by Gasteiger charge is -2.13. The molecule has 11 nitrogen and oxygen atoms in total. The summed E-state index contributed by atoms with van der Waals surface area (Å²) in [4.78, 5) is 35.9. The van der Waals surface area contributed by atoms with Gasteiger partial charge in [0, 0.05) is 20.6 Å². The Kier molecular flexibility index (Phi) is 4.39. The smallest absolute Gasteiger partial charge is 0.319 e. The molecule has 0 fully saturated rings. The maximum atomic E-state index is 12.2. The Hall–Kier alpha value is -3.24. The van der Waals surface area contributed by atoms with E-state index in [1.165, 1.54) is 15.8 Å². The summed E-state index contributed by atoms with van der Waals surface area (Å²) < 4.78 is 1.43. The van der Waals surface area contributed by atoms with Crippen molar-refractivity contribution in [1.82, 2.24) is 24.9 Å². The van der Waals surface area contributed by atoms with Gasteiger partial charge in [0.1, 0.15) is 11.9 Å². The number of aromatic nitrogens is 4.